The molecule has 0 radical (unpaired) electrons. The summed E-state index contributed by atoms with van der Waals surface area (Å²) in [5.41, 5.74) is 2.64. The van der Waals surface area contributed by atoms with Crippen LogP contribution in [-0.4, -0.2) is 7.11 Å². The van der Waals surface area contributed by atoms with E-state index in [-0.39, 0.29) is 0 Å². The Hall–Kier alpha value is -0.980. The van der Waals surface area contributed by atoms with E-state index in [4.69, 9.17) is 4.74 Å². The van der Waals surface area contributed by atoms with Crippen molar-refractivity contribution in [3.05, 3.63) is 29.3 Å². The number of para-hydroxylation sites is 1. The van der Waals surface area contributed by atoms with Crippen LogP contribution in [-0.2, 0) is 0 Å². The van der Waals surface area contributed by atoms with Crippen LogP contribution in [0.15, 0.2) is 18.2 Å². The summed E-state index contributed by atoms with van der Waals surface area (Å²) < 4.78 is 5.55. The van der Waals surface area contributed by atoms with Gasteiger partial charge in [0, 0.05) is 0 Å². The van der Waals surface area contributed by atoms with Crippen molar-refractivity contribution in [1.29, 1.82) is 0 Å². The molecule has 0 unspecified atom stereocenters. The molecule has 0 aromatic heterocycles. The van der Waals surface area contributed by atoms with Gasteiger partial charge in [0.05, 0.1) is 7.11 Å². The van der Waals surface area contributed by atoms with E-state index < -0.39 is 0 Å². The van der Waals surface area contributed by atoms with Gasteiger partial charge in [-0.05, 0) is 36.8 Å². The van der Waals surface area contributed by atoms with Gasteiger partial charge in [0.25, 0.3) is 0 Å². The highest BCUT2D eigenvalue weighted by Crippen LogP contribution is 2.35. The second-order valence-corrected chi connectivity index (χ2v) is 4.47. The van der Waals surface area contributed by atoms with E-state index in [0.717, 1.165) is 5.75 Å². The molecule has 0 spiro atoms. The normalized spacial score (nSPS) is 10.8. The molecule has 0 atom stereocenters. The predicted octanol–water partition coefficient (Wildman–Crippen LogP) is 4.69. The average Bonchev–Trinajstić information content (AvgIpc) is 2.28. The van der Waals surface area contributed by atoms with E-state index in [9.17, 15) is 0 Å². The topological polar surface area (TPSA) is 9.23 Å². The van der Waals surface area contributed by atoms with Gasteiger partial charge in [-0.1, -0.05) is 44.9 Å². The lowest BCUT2D eigenvalue weighted by Crippen LogP contribution is -2.02. The monoisotopic (exact) mass is 220 g/mol. The van der Waals surface area contributed by atoms with Crippen molar-refractivity contribution < 1.29 is 4.74 Å². The summed E-state index contributed by atoms with van der Waals surface area (Å²) in [5, 5.41) is 0. The first-order valence-electron chi connectivity index (χ1n) is 6.38. The largest absolute Gasteiger partial charge is 0.496 e. The number of aryl methyl sites for hydroxylation is 1. The van der Waals surface area contributed by atoms with Crippen molar-refractivity contribution in [3.63, 3.8) is 0 Å². The molecular weight excluding hydrogens is 196 g/mol. The molecule has 0 bridgehead atoms. The molecule has 0 aliphatic rings. The molecule has 1 nitrogen and oxygen atoms in total. The molecule has 16 heavy (non-hydrogen) atoms. The third kappa shape index (κ3) is 3.01. The molecular formula is C15H24O. The zero-order valence-electron chi connectivity index (χ0n) is 11.0. The fourth-order valence-electron chi connectivity index (χ4n) is 2.43. The molecule has 90 valence electrons. The summed E-state index contributed by atoms with van der Waals surface area (Å²) in [4.78, 5) is 0. The molecule has 1 rings (SSSR count). The van der Waals surface area contributed by atoms with Crippen LogP contribution >= 0.6 is 0 Å². The van der Waals surface area contributed by atoms with Gasteiger partial charge in [0.15, 0.2) is 0 Å². The number of rotatable bonds is 6. The van der Waals surface area contributed by atoms with Gasteiger partial charge in [0.1, 0.15) is 5.75 Å². The molecule has 0 amide bonds. The van der Waals surface area contributed by atoms with E-state index in [1.54, 1.807) is 7.11 Å². The lowest BCUT2D eigenvalue weighted by atomic mass is 9.89. The second kappa shape index (κ2) is 6.57. The van der Waals surface area contributed by atoms with Gasteiger partial charge in [-0.2, -0.15) is 0 Å². The van der Waals surface area contributed by atoms with Gasteiger partial charge in [0.2, 0.25) is 0 Å². The summed E-state index contributed by atoms with van der Waals surface area (Å²) in [7, 11) is 1.78. The Labute approximate surface area is 99.8 Å². The highest BCUT2D eigenvalue weighted by Gasteiger charge is 2.15. The predicted molar refractivity (Wildman–Crippen MR) is 70.3 cm³/mol. The minimum atomic E-state index is 0.657. The SMILES string of the molecule is CCCC(CCC)c1cccc(C)c1OC. The average molecular weight is 220 g/mol. The van der Waals surface area contributed by atoms with Crippen molar-refractivity contribution in [2.45, 2.75) is 52.4 Å². The zero-order chi connectivity index (χ0) is 12.0. The first kappa shape index (κ1) is 13.1. The van der Waals surface area contributed by atoms with Crippen LogP contribution in [0.5, 0.6) is 5.75 Å². The second-order valence-electron chi connectivity index (χ2n) is 4.47. The smallest absolute Gasteiger partial charge is 0.125 e. The van der Waals surface area contributed by atoms with Gasteiger partial charge >= 0.3 is 0 Å². The maximum absolute atomic E-state index is 5.55. The molecule has 1 aromatic carbocycles. The van der Waals surface area contributed by atoms with Crippen LogP contribution in [0, 0.1) is 6.92 Å². The van der Waals surface area contributed by atoms with E-state index in [1.807, 2.05) is 0 Å². The van der Waals surface area contributed by atoms with Crippen molar-refractivity contribution in [2.24, 2.45) is 0 Å². The molecule has 0 heterocycles. The first-order chi connectivity index (χ1) is 7.74. The Bertz CT molecular complexity index is 311. The van der Waals surface area contributed by atoms with Gasteiger partial charge in [-0.25, -0.2) is 0 Å². The minimum Gasteiger partial charge on any atom is -0.496 e. The number of benzene rings is 1. The maximum Gasteiger partial charge on any atom is 0.125 e. The lowest BCUT2D eigenvalue weighted by Gasteiger charge is -2.20. The standard InChI is InChI=1S/C15H24O/c1-5-8-13(9-6-2)14-11-7-10-12(3)15(14)16-4/h7,10-11,13H,5-6,8-9H2,1-4H3. The Morgan fingerprint density at radius 3 is 2.25 bits per heavy atom. The van der Waals surface area contributed by atoms with Gasteiger partial charge in [-0.15, -0.1) is 0 Å². The van der Waals surface area contributed by atoms with E-state index in [2.05, 4.69) is 39.0 Å². The van der Waals surface area contributed by atoms with Gasteiger partial charge in [-0.3, -0.25) is 0 Å². The quantitative estimate of drug-likeness (QED) is 0.676. The van der Waals surface area contributed by atoms with Gasteiger partial charge < -0.3 is 4.74 Å². The molecule has 0 N–H and O–H groups in total. The van der Waals surface area contributed by atoms with Crippen molar-refractivity contribution >= 4 is 0 Å². The number of methoxy groups -OCH3 is 1. The summed E-state index contributed by atoms with van der Waals surface area (Å²) >= 11 is 0. The van der Waals surface area contributed by atoms with Crippen molar-refractivity contribution in [3.8, 4) is 5.75 Å². The van der Waals surface area contributed by atoms with E-state index in [1.165, 1.54) is 36.8 Å². The summed E-state index contributed by atoms with van der Waals surface area (Å²) in [6, 6.07) is 6.49. The summed E-state index contributed by atoms with van der Waals surface area (Å²) in [5.74, 6) is 1.75. The third-order valence-corrected chi connectivity index (χ3v) is 3.16. The summed E-state index contributed by atoms with van der Waals surface area (Å²) in [6.07, 6.45) is 4.99. The molecule has 1 heteroatoms. The van der Waals surface area contributed by atoms with Crippen LogP contribution in [0.2, 0.25) is 0 Å². The molecule has 1 aromatic rings. The highest BCUT2D eigenvalue weighted by atomic mass is 16.5. The first-order valence-corrected chi connectivity index (χ1v) is 6.38. The van der Waals surface area contributed by atoms with Crippen molar-refractivity contribution in [1.82, 2.24) is 0 Å². The summed E-state index contributed by atoms with van der Waals surface area (Å²) in [6.45, 7) is 6.63. The maximum atomic E-state index is 5.55. The molecule has 0 fully saturated rings. The van der Waals surface area contributed by atoms with E-state index >= 15 is 0 Å². The van der Waals surface area contributed by atoms with Crippen LogP contribution in [0.25, 0.3) is 0 Å². The highest BCUT2D eigenvalue weighted by molar-refractivity contribution is 5.42. The Balaban J connectivity index is 3.02. The number of hydrogen-bond acceptors (Lipinski definition) is 1. The molecule has 0 aliphatic carbocycles. The molecule has 0 saturated heterocycles. The van der Waals surface area contributed by atoms with Crippen LogP contribution < -0.4 is 4.74 Å². The Kier molecular flexibility index (Phi) is 5.37. The fraction of sp³-hybridized carbons (Fsp3) is 0.600. The van der Waals surface area contributed by atoms with Crippen LogP contribution in [0.3, 0.4) is 0 Å². The number of hydrogen-bond donors (Lipinski definition) is 0. The Morgan fingerprint density at radius 2 is 1.75 bits per heavy atom. The molecule has 0 saturated carbocycles. The fourth-order valence-corrected chi connectivity index (χ4v) is 2.43. The minimum absolute atomic E-state index is 0.657. The van der Waals surface area contributed by atoms with Crippen LogP contribution in [0.1, 0.15) is 56.6 Å². The Morgan fingerprint density at radius 1 is 1.12 bits per heavy atom. The third-order valence-electron chi connectivity index (χ3n) is 3.16. The van der Waals surface area contributed by atoms with Crippen LogP contribution in [0.4, 0.5) is 0 Å². The number of ether oxygens (including phenoxy) is 1. The lowest BCUT2D eigenvalue weighted by molar-refractivity contribution is 0.397. The zero-order valence-corrected chi connectivity index (χ0v) is 11.0. The van der Waals surface area contributed by atoms with E-state index in [0.29, 0.717) is 5.92 Å². The van der Waals surface area contributed by atoms with Crippen molar-refractivity contribution in [2.75, 3.05) is 7.11 Å². The molecule has 0 aliphatic heterocycles.